The molecule has 1 fully saturated rings. The molecule has 2 amide bonds. The highest BCUT2D eigenvalue weighted by atomic mass is 16.5. The molecule has 0 bridgehead atoms. The number of amides is 2. The first-order chi connectivity index (χ1) is 11.5. The van der Waals surface area contributed by atoms with Gasteiger partial charge in [0.1, 0.15) is 5.76 Å². The summed E-state index contributed by atoms with van der Waals surface area (Å²) in [7, 11) is 0. The maximum Gasteiger partial charge on any atom is 0.323 e. The van der Waals surface area contributed by atoms with Crippen LogP contribution >= 0.6 is 0 Å². The van der Waals surface area contributed by atoms with E-state index in [0.717, 1.165) is 5.69 Å². The lowest BCUT2D eigenvalue weighted by Crippen LogP contribution is -2.50. The number of carbonyl (C=O) groups is 2. The summed E-state index contributed by atoms with van der Waals surface area (Å²) in [6, 6.07) is 9.09. The number of nitrogens with one attached hydrogen (secondary N) is 1. The summed E-state index contributed by atoms with van der Waals surface area (Å²) in [5.74, 6) is 1.13. The van der Waals surface area contributed by atoms with Crippen molar-refractivity contribution < 1.29 is 14.1 Å². The summed E-state index contributed by atoms with van der Waals surface area (Å²) >= 11 is 0. The second kappa shape index (κ2) is 6.74. The van der Waals surface area contributed by atoms with E-state index < -0.39 is 0 Å². The first-order valence-electron chi connectivity index (χ1n) is 7.88. The zero-order valence-corrected chi connectivity index (χ0v) is 13.8. The molecule has 24 heavy (non-hydrogen) atoms. The van der Waals surface area contributed by atoms with Crippen LogP contribution in [0, 0.1) is 6.92 Å². The monoisotopic (exact) mass is 328 g/mol. The molecule has 0 aliphatic carbocycles. The van der Waals surface area contributed by atoms with Gasteiger partial charge in [-0.1, -0.05) is 17.3 Å². The van der Waals surface area contributed by atoms with Crippen LogP contribution in [0.15, 0.2) is 34.9 Å². The smallest absolute Gasteiger partial charge is 0.323 e. The minimum Gasteiger partial charge on any atom is -0.368 e. The number of aryl methyl sites for hydroxylation is 1. The Bertz CT molecular complexity index is 748. The van der Waals surface area contributed by atoms with Crippen LogP contribution in [0.25, 0.3) is 0 Å². The van der Waals surface area contributed by atoms with E-state index in [4.69, 9.17) is 4.52 Å². The molecule has 2 aromatic rings. The standard InChI is InChI=1S/C17H20N4O3/c1-12-10-16(19-24-12)18-17(23)21-8-6-20(7-9-21)15-5-3-4-14(11-15)13(2)22/h3-5,10-11H,6-9H2,1-2H3,(H,18,19,23). The van der Waals surface area contributed by atoms with Gasteiger partial charge in [0, 0.05) is 43.5 Å². The molecule has 1 aliphatic rings. The highest BCUT2D eigenvalue weighted by Gasteiger charge is 2.22. The number of anilines is 2. The van der Waals surface area contributed by atoms with Crippen molar-refractivity contribution in [1.29, 1.82) is 0 Å². The van der Waals surface area contributed by atoms with E-state index in [2.05, 4.69) is 15.4 Å². The summed E-state index contributed by atoms with van der Waals surface area (Å²) in [6.07, 6.45) is 0. The number of rotatable bonds is 3. The molecule has 1 aliphatic heterocycles. The Hall–Kier alpha value is -2.83. The van der Waals surface area contributed by atoms with E-state index in [1.807, 2.05) is 24.3 Å². The Balaban J connectivity index is 1.58. The molecular formula is C17H20N4O3. The van der Waals surface area contributed by atoms with Crippen molar-refractivity contribution in [3.8, 4) is 0 Å². The average Bonchev–Trinajstić information content (AvgIpc) is 3.00. The molecule has 0 saturated carbocycles. The van der Waals surface area contributed by atoms with E-state index in [0.29, 0.717) is 43.3 Å². The van der Waals surface area contributed by atoms with Gasteiger partial charge >= 0.3 is 6.03 Å². The van der Waals surface area contributed by atoms with Crippen LogP contribution in [-0.4, -0.2) is 48.0 Å². The number of hydrogen-bond acceptors (Lipinski definition) is 5. The number of carbonyl (C=O) groups excluding carboxylic acids is 2. The average molecular weight is 328 g/mol. The fourth-order valence-electron chi connectivity index (χ4n) is 2.70. The molecule has 2 heterocycles. The van der Waals surface area contributed by atoms with Crippen molar-refractivity contribution in [2.24, 2.45) is 0 Å². The van der Waals surface area contributed by atoms with Gasteiger partial charge in [-0.3, -0.25) is 10.1 Å². The number of hydrogen-bond donors (Lipinski definition) is 1. The lowest BCUT2D eigenvalue weighted by molar-refractivity contribution is 0.101. The maximum absolute atomic E-state index is 12.2. The topological polar surface area (TPSA) is 78.7 Å². The van der Waals surface area contributed by atoms with Crippen LogP contribution in [0.2, 0.25) is 0 Å². The zero-order chi connectivity index (χ0) is 17.1. The number of piperazine rings is 1. The number of urea groups is 1. The Morgan fingerprint density at radius 2 is 1.92 bits per heavy atom. The molecule has 0 spiro atoms. The minimum atomic E-state index is -0.180. The van der Waals surface area contributed by atoms with E-state index in [1.165, 1.54) is 0 Å². The van der Waals surface area contributed by atoms with Gasteiger partial charge in [-0.25, -0.2) is 4.79 Å². The number of benzene rings is 1. The Labute approximate surface area is 140 Å². The highest BCUT2D eigenvalue weighted by molar-refractivity contribution is 5.95. The van der Waals surface area contributed by atoms with Gasteiger partial charge in [-0.2, -0.15) is 0 Å². The van der Waals surface area contributed by atoms with Crippen molar-refractivity contribution in [2.75, 3.05) is 36.4 Å². The molecule has 126 valence electrons. The van der Waals surface area contributed by atoms with Crippen LogP contribution in [0.5, 0.6) is 0 Å². The molecule has 1 aromatic heterocycles. The Morgan fingerprint density at radius 1 is 1.17 bits per heavy atom. The predicted octanol–water partition coefficient (Wildman–Crippen LogP) is 2.54. The van der Waals surface area contributed by atoms with Crippen molar-refractivity contribution >= 4 is 23.3 Å². The lowest BCUT2D eigenvalue weighted by atomic mass is 10.1. The summed E-state index contributed by atoms with van der Waals surface area (Å²) in [4.78, 5) is 27.7. The largest absolute Gasteiger partial charge is 0.368 e. The predicted molar refractivity (Wildman–Crippen MR) is 90.5 cm³/mol. The van der Waals surface area contributed by atoms with E-state index >= 15 is 0 Å². The molecule has 0 unspecified atom stereocenters. The van der Waals surface area contributed by atoms with E-state index in [1.54, 1.807) is 24.8 Å². The number of ketones is 1. The summed E-state index contributed by atoms with van der Waals surface area (Å²) in [5.41, 5.74) is 1.71. The van der Waals surface area contributed by atoms with Gasteiger partial charge in [-0.15, -0.1) is 0 Å². The molecule has 7 nitrogen and oxygen atoms in total. The van der Waals surface area contributed by atoms with Crippen LogP contribution < -0.4 is 10.2 Å². The van der Waals surface area contributed by atoms with Gasteiger partial charge < -0.3 is 14.3 Å². The number of nitrogens with zero attached hydrogens (tertiary/aromatic N) is 3. The summed E-state index contributed by atoms with van der Waals surface area (Å²) in [6.45, 7) is 5.97. The van der Waals surface area contributed by atoms with Gasteiger partial charge in [0.25, 0.3) is 0 Å². The second-order valence-corrected chi connectivity index (χ2v) is 5.83. The third-order valence-corrected chi connectivity index (χ3v) is 4.05. The van der Waals surface area contributed by atoms with Crippen molar-refractivity contribution in [3.63, 3.8) is 0 Å². The Kier molecular flexibility index (Phi) is 4.50. The van der Waals surface area contributed by atoms with Crippen LogP contribution in [0.4, 0.5) is 16.3 Å². The van der Waals surface area contributed by atoms with Crippen molar-refractivity contribution in [3.05, 3.63) is 41.7 Å². The zero-order valence-electron chi connectivity index (χ0n) is 13.8. The molecule has 0 radical (unpaired) electrons. The molecular weight excluding hydrogens is 308 g/mol. The van der Waals surface area contributed by atoms with Gasteiger partial charge in [0.15, 0.2) is 11.6 Å². The van der Waals surface area contributed by atoms with Crippen LogP contribution in [-0.2, 0) is 0 Å². The molecule has 3 rings (SSSR count). The van der Waals surface area contributed by atoms with Crippen molar-refractivity contribution in [2.45, 2.75) is 13.8 Å². The minimum absolute atomic E-state index is 0.0535. The fraction of sp³-hybridized carbons (Fsp3) is 0.353. The van der Waals surface area contributed by atoms with Gasteiger partial charge in [0.2, 0.25) is 0 Å². The van der Waals surface area contributed by atoms with Crippen molar-refractivity contribution in [1.82, 2.24) is 10.1 Å². The molecule has 7 heteroatoms. The number of Topliss-reactive ketones (excluding diaryl/α,β-unsaturated/α-hetero) is 1. The van der Waals surface area contributed by atoms with Gasteiger partial charge in [0.05, 0.1) is 0 Å². The highest BCUT2D eigenvalue weighted by Crippen LogP contribution is 2.19. The normalized spacial score (nSPS) is 14.6. The first kappa shape index (κ1) is 16.0. The quantitative estimate of drug-likeness (QED) is 0.876. The fourth-order valence-corrected chi connectivity index (χ4v) is 2.70. The molecule has 1 N–H and O–H groups in total. The van der Waals surface area contributed by atoms with E-state index in [9.17, 15) is 9.59 Å². The second-order valence-electron chi connectivity index (χ2n) is 5.83. The molecule has 1 aromatic carbocycles. The third kappa shape index (κ3) is 3.56. The van der Waals surface area contributed by atoms with Crippen LogP contribution in [0.3, 0.4) is 0 Å². The lowest BCUT2D eigenvalue weighted by Gasteiger charge is -2.36. The maximum atomic E-state index is 12.2. The van der Waals surface area contributed by atoms with Crippen LogP contribution in [0.1, 0.15) is 23.0 Å². The molecule has 1 saturated heterocycles. The number of aromatic nitrogens is 1. The summed E-state index contributed by atoms with van der Waals surface area (Å²) in [5, 5.41) is 6.49. The Morgan fingerprint density at radius 3 is 2.54 bits per heavy atom. The third-order valence-electron chi connectivity index (χ3n) is 4.05. The first-order valence-corrected chi connectivity index (χ1v) is 7.88. The SMILES string of the molecule is CC(=O)c1cccc(N2CCN(C(=O)Nc3cc(C)on3)CC2)c1. The molecule has 0 atom stereocenters. The van der Waals surface area contributed by atoms with E-state index in [-0.39, 0.29) is 11.8 Å². The summed E-state index contributed by atoms with van der Waals surface area (Å²) < 4.78 is 4.94. The van der Waals surface area contributed by atoms with Gasteiger partial charge in [-0.05, 0) is 26.0 Å².